The second-order valence-corrected chi connectivity index (χ2v) is 4.55. The fourth-order valence-corrected chi connectivity index (χ4v) is 2.09. The number of nitrogens with one attached hydrogen (secondary N) is 2. The first kappa shape index (κ1) is 13.1. The average molecular weight is 287 g/mol. The monoisotopic (exact) mass is 287 g/mol. The molecule has 0 aliphatic carbocycles. The van der Waals surface area contributed by atoms with Gasteiger partial charge in [0.15, 0.2) is 11.6 Å². The summed E-state index contributed by atoms with van der Waals surface area (Å²) in [6.45, 7) is 0. The number of hydrogen-bond donors (Lipinski definition) is 3. The number of aromatic nitrogens is 1. The van der Waals surface area contributed by atoms with Crippen molar-refractivity contribution in [2.75, 3.05) is 11.1 Å². The molecule has 0 fully saturated rings. The highest BCUT2D eigenvalue weighted by Gasteiger charge is 2.14. The Bertz CT molecular complexity index is 842. The molecular formula is C15H11F2N3O. The number of anilines is 2. The molecule has 2 aromatic carbocycles. The lowest BCUT2D eigenvalue weighted by atomic mass is 10.2. The van der Waals surface area contributed by atoms with Gasteiger partial charge in [0, 0.05) is 5.39 Å². The Hall–Kier alpha value is -2.89. The number of hydrogen-bond acceptors (Lipinski definition) is 2. The van der Waals surface area contributed by atoms with Crippen molar-refractivity contribution < 1.29 is 13.6 Å². The number of amides is 1. The Morgan fingerprint density at radius 1 is 1.14 bits per heavy atom. The van der Waals surface area contributed by atoms with Gasteiger partial charge in [0.1, 0.15) is 5.69 Å². The van der Waals surface area contributed by atoms with Crippen LogP contribution in [-0.4, -0.2) is 10.9 Å². The zero-order chi connectivity index (χ0) is 15.0. The standard InChI is InChI=1S/C15H11F2N3O/c16-9-4-2-6-11(13(9)17)20-15(21)12-7-8-3-1-5-10(18)14(8)19-12/h1-7,19H,18H2,(H,20,21). The highest BCUT2D eigenvalue weighted by molar-refractivity contribution is 6.07. The van der Waals surface area contributed by atoms with Crippen molar-refractivity contribution in [1.29, 1.82) is 0 Å². The number of nitrogens with two attached hydrogens (primary N) is 1. The van der Waals surface area contributed by atoms with Crippen LogP contribution in [0.2, 0.25) is 0 Å². The normalized spacial score (nSPS) is 10.8. The van der Waals surface area contributed by atoms with Gasteiger partial charge >= 0.3 is 0 Å². The number of benzene rings is 2. The number of carbonyl (C=O) groups is 1. The van der Waals surface area contributed by atoms with E-state index >= 15 is 0 Å². The minimum atomic E-state index is -1.10. The predicted octanol–water partition coefficient (Wildman–Crippen LogP) is 3.28. The Morgan fingerprint density at radius 2 is 1.90 bits per heavy atom. The maximum atomic E-state index is 13.5. The molecule has 0 saturated heterocycles. The van der Waals surface area contributed by atoms with Gasteiger partial charge in [-0.2, -0.15) is 0 Å². The van der Waals surface area contributed by atoms with E-state index in [1.807, 2.05) is 0 Å². The maximum absolute atomic E-state index is 13.5. The number of H-pyrrole nitrogens is 1. The van der Waals surface area contributed by atoms with Crippen LogP contribution in [0.1, 0.15) is 10.5 Å². The van der Waals surface area contributed by atoms with Crippen molar-refractivity contribution in [3.05, 3.63) is 59.8 Å². The van der Waals surface area contributed by atoms with Crippen molar-refractivity contribution in [2.45, 2.75) is 0 Å². The molecule has 0 spiro atoms. The smallest absolute Gasteiger partial charge is 0.272 e. The molecule has 6 heteroatoms. The quantitative estimate of drug-likeness (QED) is 0.633. The van der Waals surface area contributed by atoms with E-state index in [0.717, 1.165) is 11.5 Å². The van der Waals surface area contributed by atoms with Gasteiger partial charge in [-0.15, -0.1) is 0 Å². The molecule has 0 aliphatic rings. The summed E-state index contributed by atoms with van der Waals surface area (Å²) in [5.74, 6) is -2.69. The summed E-state index contributed by atoms with van der Waals surface area (Å²) < 4.78 is 26.6. The van der Waals surface area contributed by atoms with Crippen LogP contribution in [0.25, 0.3) is 10.9 Å². The van der Waals surface area contributed by atoms with Crippen LogP contribution in [0.5, 0.6) is 0 Å². The summed E-state index contributed by atoms with van der Waals surface area (Å²) >= 11 is 0. The molecule has 106 valence electrons. The predicted molar refractivity (Wildman–Crippen MR) is 77.0 cm³/mol. The van der Waals surface area contributed by atoms with Gasteiger partial charge in [-0.25, -0.2) is 8.78 Å². The zero-order valence-electron chi connectivity index (χ0n) is 10.8. The van der Waals surface area contributed by atoms with Crippen LogP contribution in [0.3, 0.4) is 0 Å². The number of para-hydroxylation sites is 1. The van der Waals surface area contributed by atoms with Gasteiger partial charge in [-0.05, 0) is 24.3 Å². The van der Waals surface area contributed by atoms with E-state index in [1.54, 1.807) is 24.3 Å². The Kier molecular flexibility index (Phi) is 3.06. The molecule has 0 saturated carbocycles. The third kappa shape index (κ3) is 2.31. The van der Waals surface area contributed by atoms with Gasteiger partial charge in [0.2, 0.25) is 0 Å². The van der Waals surface area contributed by atoms with E-state index in [9.17, 15) is 13.6 Å². The van der Waals surface area contributed by atoms with Gasteiger partial charge in [-0.1, -0.05) is 18.2 Å². The largest absolute Gasteiger partial charge is 0.397 e. The van der Waals surface area contributed by atoms with Crippen molar-refractivity contribution in [3.63, 3.8) is 0 Å². The van der Waals surface area contributed by atoms with Crippen molar-refractivity contribution >= 4 is 28.2 Å². The molecule has 0 bridgehead atoms. The Balaban J connectivity index is 1.94. The van der Waals surface area contributed by atoms with E-state index in [4.69, 9.17) is 5.73 Å². The van der Waals surface area contributed by atoms with Gasteiger partial charge in [0.25, 0.3) is 5.91 Å². The Labute approximate surface area is 118 Å². The lowest BCUT2D eigenvalue weighted by Crippen LogP contribution is -2.13. The second-order valence-electron chi connectivity index (χ2n) is 4.55. The van der Waals surface area contributed by atoms with E-state index in [0.29, 0.717) is 11.2 Å². The first-order chi connectivity index (χ1) is 10.1. The molecule has 3 aromatic rings. The molecule has 1 heterocycles. The number of aromatic amines is 1. The highest BCUT2D eigenvalue weighted by Crippen LogP contribution is 2.22. The molecule has 3 rings (SSSR count). The maximum Gasteiger partial charge on any atom is 0.272 e. The van der Waals surface area contributed by atoms with E-state index in [2.05, 4.69) is 10.3 Å². The molecule has 4 N–H and O–H groups in total. The van der Waals surface area contributed by atoms with E-state index in [-0.39, 0.29) is 11.4 Å². The number of fused-ring (bicyclic) bond motifs is 1. The summed E-state index contributed by atoms with van der Waals surface area (Å²) in [6, 6.07) is 10.4. The third-order valence-corrected chi connectivity index (χ3v) is 3.13. The van der Waals surface area contributed by atoms with Crippen molar-refractivity contribution in [2.24, 2.45) is 0 Å². The van der Waals surface area contributed by atoms with Crippen LogP contribution in [0.15, 0.2) is 42.5 Å². The fraction of sp³-hybridized carbons (Fsp3) is 0. The first-order valence-electron chi connectivity index (χ1n) is 6.19. The van der Waals surface area contributed by atoms with Crippen molar-refractivity contribution in [3.8, 4) is 0 Å². The zero-order valence-corrected chi connectivity index (χ0v) is 10.8. The van der Waals surface area contributed by atoms with Gasteiger partial charge < -0.3 is 16.0 Å². The van der Waals surface area contributed by atoms with Crippen LogP contribution >= 0.6 is 0 Å². The van der Waals surface area contributed by atoms with Crippen LogP contribution in [-0.2, 0) is 0 Å². The summed E-state index contributed by atoms with van der Waals surface area (Å²) in [4.78, 5) is 15.0. The van der Waals surface area contributed by atoms with Crippen molar-refractivity contribution in [1.82, 2.24) is 4.98 Å². The molecular weight excluding hydrogens is 276 g/mol. The van der Waals surface area contributed by atoms with E-state index in [1.165, 1.54) is 12.1 Å². The summed E-state index contributed by atoms with van der Waals surface area (Å²) in [5.41, 5.74) is 6.92. The molecule has 4 nitrogen and oxygen atoms in total. The highest BCUT2D eigenvalue weighted by atomic mass is 19.2. The summed E-state index contributed by atoms with van der Waals surface area (Å²) in [6.07, 6.45) is 0. The molecule has 0 atom stereocenters. The molecule has 1 amide bonds. The molecule has 0 unspecified atom stereocenters. The lowest BCUT2D eigenvalue weighted by molar-refractivity contribution is 0.102. The number of halogens is 2. The third-order valence-electron chi connectivity index (χ3n) is 3.13. The van der Waals surface area contributed by atoms with Crippen LogP contribution < -0.4 is 11.1 Å². The fourth-order valence-electron chi connectivity index (χ4n) is 2.09. The van der Waals surface area contributed by atoms with Crippen LogP contribution in [0, 0.1) is 11.6 Å². The van der Waals surface area contributed by atoms with Gasteiger partial charge in [0.05, 0.1) is 16.9 Å². The second kappa shape index (κ2) is 4.90. The molecule has 0 aliphatic heterocycles. The average Bonchev–Trinajstić information content (AvgIpc) is 2.89. The lowest BCUT2D eigenvalue weighted by Gasteiger charge is -2.05. The minimum absolute atomic E-state index is 0.214. The SMILES string of the molecule is Nc1cccc2cc(C(=O)Nc3cccc(F)c3F)[nH]c12. The van der Waals surface area contributed by atoms with Crippen LogP contribution in [0.4, 0.5) is 20.2 Å². The Morgan fingerprint density at radius 3 is 2.67 bits per heavy atom. The molecule has 21 heavy (non-hydrogen) atoms. The molecule has 0 radical (unpaired) electrons. The number of nitrogen functional groups attached to an aromatic ring is 1. The van der Waals surface area contributed by atoms with Gasteiger partial charge in [-0.3, -0.25) is 4.79 Å². The molecule has 1 aromatic heterocycles. The van der Waals surface area contributed by atoms with E-state index < -0.39 is 17.5 Å². The number of carbonyl (C=O) groups excluding carboxylic acids is 1. The summed E-state index contributed by atoms with van der Waals surface area (Å²) in [7, 11) is 0. The minimum Gasteiger partial charge on any atom is -0.397 e. The number of rotatable bonds is 2. The topological polar surface area (TPSA) is 70.9 Å². The summed E-state index contributed by atoms with van der Waals surface area (Å²) in [5, 5.41) is 3.09. The first-order valence-corrected chi connectivity index (χ1v) is 6.19.